The second-order valence-corrected chi connectivity index (χ2v) is 7.84. The molecule has 2 heterocycles. The van der Waals surface area contributed by atoms with Crippen molar-refractivity contribution >= 4 is 37.5 Å². The summed E-state index contributed by atoms with van der Waals surface area (Å²) >= 11 is 3.31. The van der Waals surface area contributed by atoms with Gasteiger partial charge >= 0.3 is 0 Å². The molecule has 0 radical (unpaired) electrons. The Morgan fingerprint density at radius 2 is 1.96 bits per heavy atom. The lowest BCUT2D eigenvalue weighted by Gasteiger charge is -2.12. The van der Waals surface area contributed by atoms with Crippen LogP contribution in [0.4, 0.5) is 5.82 Å². The van der Waals surface area contributed by atoms with E-state index < -0.39 is 10.0 Å². The molecular weight excluding hydrogens is 406 g/mol. The molecule has 0 unspecified atom stereocenters. The molecule has 128 valence electrons. The molecule has 2 N–H and O–H groups in total. The summed E-state index contributed by atoms with van der Waals surface area (Å²) in [5.74, 6) is 0.0842. The van der Waals surface area contributed by atoms with Crippen LogP contribution in [-0.2, 0) is 17.1 Å². The number of benzene rings is 1. The predicted octanol–water partition coefficient (Wildman–Crippen LogP) is 2.79. The maximum Gasteiger partial charge on any atom is 0.263 e. The van der Waals surface area contributed by atoms with Crippen molar-refractivity contribution in [1.29, 1.82) is 5.41 Å². The van der Waals surface area contributed by atoms with E-state index in [-0.39, 0.29) is 16.4 Å². The van der Waals surface area contributed by atoms with E-state index in [9.17, 15) is 8.42 Å². The van der Waals surface area contributed by atoms with Crippen LogP contribution in [0.25, 0.3) is 0 Å². The number of aryl methyl sites for hydroxylation is 1. The fourth-order valence-corrected chi connectivity index (χ4v) is 3.58. The number of halogens is 1. The zero-order chi connectivity index (χ0) is 18.0. The van der Waals surface area contributed by atoms with Crippen molar-refractivity contribution in [3.63, 3.8) is 0 Å². The first-order valence-corrected chi connectivity index (χ1v) is 9.46. The van der Waals surface area contributed by atoms with Crippen molar-refractivity contribution < 1.29 is 8.42 Å². The van der Waals surface area contributed by atoms with Gasteiger partial charge in [0, 0.05) is 35.0 Å². The standard InChI is InChI=1S/C16H14BrN5O2S/c1-22-10-11(8-20-22)15(18)14-7-12(17)9-19-16(14)21-25(23,24)13-5-3-2-4-6-13/h2-10,18H,1H3,(H,19,21). The number of rotatable bonds is 5. The van der Waals surface area contributed by atoms with Gasteiger partial charge in [-0.15, -0.1) is 0 Å². The molecule has 0 aliphatic carbocycles. The highest BCUT2D eigenvalue weighted by Crippen LogP contribution is 2.23. The summed E-state index contributed by atoms with van der Waals surface area (Å²) in [6.45, 7) is 0. The largest absolute Gasteiger partial charge is 0.299 e. The Bertz CT molecular complexity index is 1030. The van der Waals surface area contributed by atoms with Gasteiger partial charge in [0.15, 0.2) is 0 Å². The van der Waals surface area contributed by atoms with Gasteiger partial charge < -0.3 is 0 Å². The summed E-state index contributed by atoms with van der Waals surface area (Å²) in [6.07, 6.45) is 4.69. The van der Waals surface area contributed by atoms with Crippen LogP contribution in [-0.4, -0.2) is 28.9 Å². The highest BCUT2D eigenvalue weighted by molar-refractivity contribution is 9.10. The second-order valence-electron chi connectivity index (χ2n) is 5.25. The number of nitrogens with one attached hydrogen (secondary N) is 2. The van der Waals surface area contributed by atoms with E-state index in [1.165, 1.54) is 18.3 Å². The lowest BCUT2D eigenvalue weighted by molar-refractivity contribution is 0.601. The van der Waals surface area contributed by atoms with Gasteiger partial charge in [0.25, 0.3) is 10.0 Å². The Morgan fingerprint density at radius 3 is 2.60 bits per heavy atom. The molecule has 2 aromatic heterocycles. The summed E-state index contributed by atoms with van der Waals surface area (Å²) in [6, 6.07) is 9.65. The number of hydrogen-bond donors (Lipinski definition) is 2. The smallest absolute Gasteiger partial charge is 0.263 e. The molecule has 0 spiro atoms. The van der Waals surface area contributed by atoms with Gasteiger partial charge in [0.1, 0.15) is 5.82 Å². The van der Waals surface area contributed by atoms with E-state index in [0.717, 1.165) is 0 Å². The van der Waals surface area contributed by atoms with E-state index in [4.69, 9.17) is 5.41 Å². The molecule has 0 amide bonds. The Balaban J connectivity index is 2.02. The first kappa shape index (κ1) is 17.3. The average Bonchev–Trinajstić information content (AvgIpc) is 3.03. The molecule has 0 aliphatic rings. The van der Waals surface area contributed by atoms with Crippen LogP contribution in [0.5, 0.6) is 0 Å². The SMILES string of the molecule is Cn1cc(C(=N)c2cc(Br)cnc2NS(=O)(=O)c2ccccc2)cn1. The Kier molecular flexibility index (Phi) is 4.69. The third-order valence-corrected chi connectivity index (χ3v) is 5.19. The van der Waals surface area contributed by atoms with Gasteiger partial charge in [-0.25, -0.2) is 13.4 Å². The number of nitrogens with zero attached hydrogens (tertiary/aromatic N) is 3. The number of anilines is 1. The fourth-order valence-electron chi connectivity index (χ4n) is 2.20. The normalized spacial score (nSPS) is 11.3. The number of hydrogen-bond acceptors (Lipinski definition) is 5. The molecule has 0 atom stereocenters. The van der Waals surface area contributed by atoms with Gasteiger partial charge in [-0.05, 0) is 34.1 Å². The van der Waals surface area contributed by atoms with Gasteiger partial charge in [-0.3, -0.25) is 14.8 Å². The van der Waals surface area contributed by atoms with Gasteiger partial charge in [0.05, 0.1) is 16.8 Å². The molecular formula is C16H14BrN5O2S. The molecule has 7 nitrogen and oxygen atoms in total. The van der Waals surface area contributed by atoms with Crippen molar-refractivity contribution in [3.05, 3.63) is 70.6 Å². The predicted molar refractivity (Wildman–Crippen MR) is 98.3 cm³/mol. The lowest BCUT2D eigenvalue weighted by atomic mass is 10.1. The van der Waals surface area contributed by atoms with Crippen LogP contribution in [0, 0.1) is 5.41 Å². The van der Waals surface area contributed by atoms with E-state index in [1.54, 1.807) is 48.4 Å². The molecule has 0 fully saturated rings. The minimum atomic E-state index is -3.80. The maximum atomic E-state index is 12.6. The van der Waals surface area contributed by atoms with Crippen molar-refractivity contribution in [2.24, 2.45) is 7.05 Å². The first-order valence-electron chi connectivity index (χ1n) is 7.18. The molecule has 0 bridgehead atoms. The zero-order valence-electron chi connectivity index (χ0n) is 13.1. The van der Waals surface area contributed by atoms with Crippen LogP contribution in [0.15, 0.2) is 64.4 Å². The topological polar surface area (TPSA) is 101 Å². The Morgan fingerprint density at radius 1 is 1.24 bits per heavy atom. The van der Waals surface area contributed by atoms with E-state index in [0.29, 0.717) is 15.6 Å². The molecule has 0 saturated carbocycles. The molecule has 9 heteroatoms. The molecule has 3 rings (SSSR count). The molecule has 25 heavy (non-hydrogen) atoms. The molecule has 0 saturated heterocycles. The molecule has 3 aromatic rings. The van der Waals surface area contributed by atoms with Crippen LogP contribution < -0.4 is 4.72 Å². The summed E-state index contributed by atoms with van der Waals surface area (Å²) in [5.41, 5.74) is 1.03. The summed E-state index contributed by atoms with van der Waals surface area (Å²) in [4.78, 5) is 4.26. The third kappa shape index (κ3) is 3.77. The van der Waals surface area contributed by atoms with Gasteiger partial charge in [-0.1, -0.05) is 18.2 Å². The Hall–Kier alpha value is -2.52. The Labute approximate surface area is 153 Å². The monoisotopic (exact) mass is 419 g/mol. The van der Waals surface area contributed by atoms with Gasteiger partial charge in [0.2, 0.25) is 0 Å². The summed E-state index contributed by atoms with van der Waals surface area (Å²) < 4.78 is 29.8. The third-order valence-electron chi connectivity index (χ3n) is 3.40. The van der Waals surface area contributed by atoms with E-state index >= 15 is 0 Å². The van der Waals surface area contributed by atoms with Crippen molar-refractivity contribution in [2.75, 3.05) is 4.72 Å². The van der Waals surface area contributed by atoms with Gasteiger partial charge in [-0.2, -0.15) is 5.10 Å². The first-order chi connectivity index (χ1) is 11.9. The van der Waals surface area contributed by atoms with E-state index in [2.05, 4.69) is 30.7 Å². The second kappa shape index (κ2) is 6.77. The van der Waals surface area contributed by atoms with E-state index in [1.807, 2.05) is 0 Å². The van der Waals surface area contributed by atoms with Crippen LogP contribution in [0.3, 0.4) is 0 Å². The minimum Gasteiger partial charge on any atom is -0.299 e. The average molecular weight is 420 g/mol. The fraction of sp³-hybridized carbons (Fsp3) is 0.0625. The van der Waals surface area contributed by atoms with Crippen LogP contribution >= 0.6 is 15.9 Å². The maximum absolute atomic E-state index is 12.6. The quantitative estimate of drug-likeness (QED) is 0.620. The number of aromatic nitrogens is 3. The number of sulfonamides is 1. The van der Waals surface area contributed by atoms with Crippen LogP contribution in [0.1, 0.15) is 11.1 Å². The molecule has 1 aromatic carbocycles. The van der Waals surface area contributed by atoms with Crippen LogP contribution in [0.2, 0.25) is 0 Å². The number of pyridine rings is 1. The lowest BCUT2D eigenvalue weighted by Crippen LogP contribution is -2.17. The minimum absolute atomic E-state index is 0.0842. The van der Waals surface area contributed by atoms with Crippen molar-refractivity contribution in [2.45, 2.75) is 4.90 Å². The summed E-state index contributed by atoms with van der Waals surface area (Å²) in [5, 5.41) is 12.4. The highest BCUT2D eigenvalue weighted by Gasteiger charge is 2.20. The molecule has 0 aliphatic heterocycles. The zero-order valence-corrected chi connectivity index (χ0v) is 15.5. The summed E-state index contributed by atoms with van der Waals surface area (Å²) in [7, 11) is -2.06. The highest BCUT2D eigenvalue weighted by atomic mass is 79.9. The van der Waals surface area contributed by atoms with Crippen molar-refractivity contribution in [1.82, 2.24) is 14.8 Å². The van der Waals surface area contributed by atoms with Crippen molar-refractivity contribution in [3.8, 4) is 0 Å².